The van der Waals surface area contributed by atoms with E-state index in [-0.39, 0.29) is 19.6 Å². The van der Waals surface area contributed by atoms with Gasteiger partial charge in [0.2, 0.25) is 0 Å². The summed E-state index contributed by atoms with van der Waals surface area (Å²) in [4.78, 5) is 39.5. The molecule has 0 aliphatic carbocycles. The summed E-state index contributed by atoms with van der Waals surface area (Å²) in [6.45, 7) is -0.742. The average Bonchev–Trinajstić information content (AvgIpc) is 2.89. The lowest BCUT2D eigenvalue weighted by molar-refractivity contribution is -0.877. The van der Waals surface area contributed by atoms with Crippen molar-refractivity contribution in [2.45, 2.75) is 0 Å². The number of ether oxygens (including phenoxy) is 3. The van der Waals surface area contributed by atoms with Crippen molar-refractivity contribution in [3.05, 3.63) is 68.5 Å². The van der Waals surface area contributed by atoms with Crippen molar-refractivity contribution in [2.24, 2.45) is 0 Å². The third-order valence-corrected chi connectivity index (χ3v) is 16.4. The fourth-order valence-electron chi connectivity index (χ4n) is 3.06. The second-order valence-corrected chi connectivity index (χ2v) is 17.9. The smallest absolute Gasteiger partial charge is 0.367 e. The zero-order valence-electron chi connectivity index (χ0n) is 19.4. The van der Waals surface area contributed by atoms with E-state index in [0.717, 1.165) is 32.1 Å². The number of carbonyl (C=O) groups is 3. The Bertz CT molecular complexity index is 1310. The van der Waals surface area contributed by atoms with Gasteiger partial charge in [0, 0.05) is 10.7 Å². The van der Waals surface area contributed by atoms with E-state index in [2.05, 4.69) is 203 Å². The number of halogens is 9. The summed E-state index contributed by atoms with van der Waals surface area (Å²) in [7, 11) is 0. The second kappa shape index (κ2) is 17.5. The van der Waals surface area contributed by atoms with Crippen molar-refractivity contribution >= 4 is 221 Å². The van der Waals surface area contributed by atoms with Gasteiger partial charge in [-0.2, -0.15) is 0 Å². The molecule has 212 valence electrons. The van der Waals surface area contributed by atoms with E-state index in [1.807, 2.05) is 36.4 Å². The molecule has 7 nitrogen and oxygen atoms in total. The largest absolute Gasteiger partial charge is 0.420 e. The minimum absolute atomic E-state index is 0.247. The minimum Gasteiger partial charge on any atom is -0.420 e. The highest BCUT2D eigenvalue weighted by Crippen LogP contribution is 2.33. The van der Waals surface area contributed by atoms with Gasteiger partial charge in [-0.1, -0.05) is 0 Å². The van der Waals surface area contributed by atoms with Crippen molar-refractivity contribution in [1.29, 1.82) is 0 Å². The van der Waals surface area contributed by atoms with Gasteiger partial charge in [0.25, 0.3) is 0 Å². The number of esters is 3. The summed E-state index contributed by atoms with van der Waals surface area (Å²) in [5.74, 6) is -0.378. The number of hydrogen-bond acceptors (Lipinski definition) is 6. The van der Waals surface area contributed by atoms with Crippen molar-refractivity contribution < 1.29 is 33.5 Å². The van der Waals surface area contributed by atoms with Crippen molar-refractivity contribution in [2.75, 3.05) is 19.6 Å². The van der Waals surface area contributed by atoms with Crippen molar-refractivity contribution in [3.8, 4) is 17.2 Å². The number of carbonyl (C=O) groups excluding carboxylic acids is 3. The Hall–Kier alpha value is 2.60. The van der Waals surface area contributed by atoms with Gasteiger partial charge in [-0.25, -0.2) is 14.4 Å². The SMILES string of the molecule is O=C(C[NH+](CC(=O)Oc1c(I)ccc(I)c1I)CC(=O)Oc1c(I)ccc(I)c1I)Oc1c(I)ccc(I)c1I. The molecule has 0 atom stereocenters. The van der Waals surface area contributed by atoms with Crippen LogP contribution in [0.2, 0.25) is 0 Å². The van der Waals surface area contributed by atoms with Crippen LogP contribution in [0.25, 0.3) is 0 Å². The Morgan fingerprint density at radius 1 is 0.450 bits per heavy atom. The number of hydrogen-bond donors (Lipinski definition) is 1. The number of quaternary nitrogens is 1. The predicted octanol–water partition coefficient (Wildman–Crippen LogP) is 7.13. The van der Waals surface area contributed by atoms with Gasteiger partial charge in [0.1, 0.15) is 0 Å². The van der Waals surface area contributed by atoms with Gasteiger partial charge < -0.3 is 19.1 Å². The molecule has 1 N–H and O–H groups in total. The lowest BCUT2D eigenvalue weighted by Gasteiger charge is -2.19. The molecule has 0 saturated carbocycles. The van der Waals surface area contributed by atoms with Crippen LogP contribution in [0.15, 0.2) is 36.4 Å². The Kier molecular flexibility index (Phi) is 16.2. The van der Waals surface area contributed by atoms with Gasteiger partial charge in [0.15, 0.2) is 36.9 Å². The Labute approximate surface area is 353 Å². The molecule has 0 aliphatic heterocycles. The highest BCUT2D eigenvalue weighted by molar-refractivity contribution is 14.1. The van der Waals surface area contributed by atoms with Crippen LogP contribution in [-0.2, 0) is 14.4 Å². The van der Waals surface area contributed by atoms with Crippen molar-refractivity contribution in [3.63, 3.8) is 0 Å². The maximum atomic E-state index is 13.1. The van der Waals surface area contributed by atoms with E-state index < -0.39 is 17.9 Å². The monoisotopic (exact) mass is 1550 g/mol. The first-order chi connectivity index (χ1) is 18.8. The number of benzene rings is 3. The molecule has 40 heavy (non-hydrogen) atoms. The third-order valence-electron chi connectivity index (χ3n) is 4.84. The highest BCUT2D eigenvalue weighted by atomic mass is 127. The maximum absolute atomic E-state index is 13.1. The van der Waals surface area contributed by atoms with E-state index in [0.29, 0.717) is 22.1 Å². The molecule has 3 rings (SSSR count). The molecule has 0 aromatic heterocycles. The number of rotatable bonds is 9. The zero-order valence-corrected chi connectivity index (χ0v) is 38.9. The molecule has 0 saturated heterocycles. The van der Waals surface area contributed by atoms with Crippen LogP contribution < -0.4 is 19.1 Å². The summed E-state index contributed by atoms with van der Waals surface area (Å²) in [6.07, 6.45) is 0. The van der Waals surface area contributed by atoms with E-state index in [1.165, 1.54) is 0 Å². The van der Waals surface area contributed by atoms with E-state index >= 15 is 0 Å². The molecule has 3 aromatic carbocycles. The van der Waals surface area contributed by atoms with Gasteiger partial charge >= 0.3 is 17.9 Å². The maximum Gasteiger partial charge on any atom is 0.367 e. The lowest BCUT2D eigenvalue weighted by atomic mass is 10.3. The molecule has 16 heteroatoms. The van der Waals surface area contributed by atoms with Crippen LogP contribution in [0.5, 0.6) is 17.2 Å². The highest BCUT2D eigenvalue weighted by Gasteiger charge is 2.27. The van der Waals surface area contributed by atoms with Gasteiger partial charge in [-0.05, 0) is 240 Å². The van der Waals surface area contributed by atoms with Crippen molar-refractivity contribution in [1.82, 2.24) is 0 Å². The first-order valence-corrected chi connectivity index (χ1v) is 20.4. The standard InChI is InChI=1S/C24H12I9NO6/c25-10-1-4-13(28)22(19(10)31)38-16(35)7-34(8-17(36)39-23-14(29)5-2-11(26)20(23)32)9-18(37)40-24-15(30)6-3-12(27)21(24)33/h1-6H,7-9H2/p+1. The van der Waals surface area contributed by atoms with Gasteiger partial charge in [0.05, 0.1) is 21.4 Å². The van der Waals surface area contributed by atoms with Crippen LogP contribution >= 0.6 is 203 Å². The molecule has 0 spiro atoms. The summed E-state index contributed by atoms with van der Waals surface area (Å²) in [5.41, 5.74) is 0. The Morgan fingerprint density at radius 3 is 0.925 bits per heavy atom. The first-order valence-electron chi connectivity index (χ1n) is 10.6. The van der Waals surface area contributed by atoms with E-state index in [9.17, 15) is 14.4 Å². The molecular formula is C24H13I9NO6+. The molecule has 0 radical (unpaired) electrons. The topological polar surface area (TPSA) is 83.3 Å². The van der Waals surface area contributed by atoms with Gasteiger partial charge in [-0.3, -0.25) is 0 Å². The summed E-state index contributed by atoms with van der Waals surface area (Å²) < 4.78 is 24.7. The third kappa shape index (κ3) is 10.6. The normalized spacial score (nSPS) is 10.9. The minimum atomic E-state index is -0.578. The summed E-state index contributed by atoms with van der Waals surface area (Å²) in [5, 5.41) is 0. The summed E-state index contributed by atoms with van der Waals surface area (Å²) >= 11 is 19.2. The molecule has 0 amide bonds. The lowest BCUT2D eigenvalue weighted by Crippen LogP contribution is -3.15. The molecule has 0 aliphatic rings. The predicted molar refractivity (Wildman–Crippen MR) is 226 cm³/mol. The van der Waals surface area contributed by atoms with E-state index in [4.69, 9.17) is 14.2 Å². The van der Waals surface area contributed by atoms with Crippen LogP contribution in [0, 0.1) is 32.1 Å². The fourth-order valence-corrected chi connectivity index (χ4v) is 9.30. The molecule has 0 heterocycles. The van der Waals surface area contributed by atoms with Crippen LogP contribution in [0.3, 0.4) is 0 Å². The fraction of sp³-hybridized carbons (Fsp3) is 0.125. The van der Waals surface area contributed by atoms with Crippen LogP contribution in [0.4, 0.5) is 0 Å². The number of nitrogens with one attached hydrogen (secondary N) is 1. The zero-order chi connectivity index (χ0) is 29.7. The van der Waals surface area contributed by atoms with Gasteiger partial charge in [-0.15, -0.1) is 0 Å². The molecule has 0 fully saturated rings. The average molecular weight is 1550 g/mol. The molecule has 3 aromatic rings. The Morgan fingerprint density at radius 2 is 0.675 bits per heavy atom. The molecule has 0 bridgehead atoms. The quantitative estimate of drug-likeness (QED) is 0.106. The molecular weight excluding hydrogens is 1540 g/mol. The first kappa shape index (κ1) is 37.1. The van der Waals surface area contributed by atoms with Crippen LogP contribution in [-0.4, -0.2) is 37.5 Å². The summed E-state index contributed by atoms with van der Waals surface area (Å²) in [6, 6.07) is 11.4. The van der Waals surface area contributed by atoms with Crippen LogP contribution in [0.1, 0.15) is 0 Å². The molecule has 0 unspecified atom stereocenters. The second-order valence-electron chi connectivity index (χ2n) is 7.72. The van der Waals surface area contributed by atoms with E-state index in [1.54, 1.807) is 0 Å². The Balaban J connectivity index is 1.81.